The van der Waals surface area contributed by atoms with Crippen molar-refractivity contribution in [2.75, 3.05) is 6.54 Å². The Morgan fingerprint density at radius 3 is 2.92 bits per heavy atom. The zero-order chi connectivity index (χ0) is 9.68. The smallest absolute Gasteiger partial charge is 0.304 e. The Morgan fingerprint density at radius 1 is 1.62 bits per heavy atom. The van der Waals surface area contributed by atoms with Gasteiger partial charge in [0.05, 0.1) is 13.0 Å². The van der Waals surface area contributed by atoms with Crippen molar-refractivity contribution in [3.8, 4) is 0 Å². The van der Waals surface area contributed by atoms with Crippen LogP contribution in [0.2, 0.25) is 0 Å². The minimum Gasteiger partial charge on any atom is -0.481 e. The standard InChI is InChI=1S/C8H10INO3/c9-7-2-1-6(13-7)5-10-4-3-8(11)12/h1-2,10H,3-5H2,(H,11,12). The second kappa shape index (κ2) is 5.23. The number of aliphatic carboxylic acids is 1. The number of halogens is 1. The second-order valence-electron chi connectivity index (χ2n) is 2.53. The van der Waals surface area contributed by atoms with Crippen molar-refractivity contribution >= 4 is 28.6 Å². The van der Waals surface area contributed by atoms with E-state index in [-0.39, 0.29) is 6.42 Å². The first-order chi connectivity index (χ1) is 6.18. The molecule has 2 N–H and O–H groups in total. The molecule has 1 rings (SSSR count). The van der Waals surface area contributed by atoms with E-state index in [4.69, 9.17) is 9.52 Å². The lowest BCUT2D eigenvalue weighted by molar-refractivity contribution is -0.136. The van der Waals surface area contributed by atoms with Gasteiger partial charge in [-0.1, -0.05) is 0 Å². The molecule has 0 fully saturated rings. The molecule has 1 aromatic rings. The van der Waals surface area contributed by atoms with Gasteiger partial charge >= 0.3 is 5.97 Å². The molecule has 72 valence electrons. The van der Waals surface area contributed by atoms with Crippen molar-refractivity contribution in [2.24, 2.45) is 0 Å². The zero-order valence-electron chi connectivity index (χ0n) is 6.92. The number of rotatable bonds is 5. The third kappa shape index (κ3) is 4.28. The summed E-state index contributed by atoms with van der Waals surface area (Å²) in [6.07, 6.45) is 0.137. The van der Waals surface area contributed by atoms with Crippen molar-refractivity contribution in [1.82, 2.24) is 5.32 Å². The Balaban J connectivity index is 2.16. The molecular weight excluding hydrogens is 285 g/mol. The van der Waals surface area contributed by atoms with Gasteiger partial charge in [-0.05, 0) is 34.7 Å². The van der Waals surface area contributed by atoms with Crippen LogP contribution in [0.25, 0.3) is 0 Å². The fourth-order valence-electron chi connectivity index (χ4n) is 0.854. The van der Waals surface area contributed by atoms with Crippen molar-refractivity contribution in [3.63, 3.8) is 0 Å². The number of furan rings is 1. The second-order valence-corrected chi connectivity index (χ2v) is 3.59. The first-order valence-corrected chi connectivity index (χ1v) is 4.93. The Kier molecular flexibility index (Phi) is 4.23. The third-order valence-corrected chi connectivity index (χ3v) is 2.02. The molecule has 0 saturated carbocycles. The van der Waals surface area contributed by atoms with E-state index in [0.29, 0.717) is 13.1 Å². The van der Waals surface area contributed by atoms with E-state index in [9.17, 15) is 4.79 Å². The fourth-order valence-corrected chi connectivity index (χ4v) is 1.32. The molecule has 0 aliphatic rings. The average molecular weight is 295 g/mol. The lowest BCUT2D eigenvalue weighted by atomic mass is 10.4. The van der Waals surface area contributed by atoms with Gasteiger partial charge in [0.2, 0.25) is 0 Å². The van der Waals surface area contributed by atoms with Crippen LogP contribution in [0.5, 0.6) is 0 Å². The summed E-state index contributed by atoms with van der Waals surface area (Å²) in [4.78, 5) is 10.2. The lowest BCUT2D eigenvalue weighted by Crippen LogP contribution is -2.17. The molecule has 0 spiro atoms. The number of carbonyl (C=O) groups is 1. The van der Waals surface area contributed by atoms with Gasteiger partial charge in [-0.15, -0.1) is 0 Å². The predicted octanol–water partition coefficient (Wildman–Crippen LogP) is 1.45. The van der Waals surface area contributed by atoms with E-state index in [2.05, 4.69) is 27.9 Å². The Hall–Kier alpha value is -0.560. The van der Waals surface area contributed by atoms with E-state index in [1.807, 2.05) is 12.1 Å². The van der Waals surface area contributed by atoms with E-state index in [1.165, 1.54) is 0 Å². The molecule has 5 heteroatoms. The molecule has 0 bridgehead atoms. The molecule has 1 heterocycles. The van der Waals surface area contributed by atoms with Crippen LogP contribution in [0.1, 0.15) is 12.2 Å². The first kappa shape index (κ1) is 10.5. The van der Waals surface area contributed by atoms with Crippen LogP contribution in [0, 0.1) is 3.77 Å². The number of nitrogens with one attached hydrogen (secondary N) is 1. The SMILES string of the molecule is O=C(O)CCNCc1ccc(I)o1. The van der Waals surface area contributed by atoms with Crippen LogP contribution < -0.4 is 5.32 Å². The largest absolute Gasteiger partial charge is 0.481 e. The van der Waals surface area contributed by atoms with Crippen molar-refractivity contribution in [1.29, 1.82) is 0 Å². The average Bonchev–Trinajstić information content (AvgIpc) is 2.45. The van der Waals surface area contributed by atoms with Gasteiger partial charge in [0.1, 0.15) is 5.76 Å². The van der Waals surface area contributed by atoms with E-state index >= 15 is 0 Å². The topological polar surface area (TPSA) is 62.5 Å². The van der Waals surface area contributed by atoms with E-state index < -0.39 is 5.97 Å². The molecule has 0 aromatic carbocycles. The molecule has 13 heavy (non-hydrogen) atoms. The molecule has 1 aromatic heterocycles. The molecule has 0 atom stereocenters. The molecule has 0 radical (unpaired) electrons. The Labute approximate surface area is 89.5 Å². The van der Waals surface area contributed by atoms with Gasteiger partial charge in [0, 0.05) is 6.54 Å². The monoisotopic (exact) mass is 295 g/mol. The number of hydrogen-bond acceptors (Lipinski definition) is 3. The first-order valence-electron chi connectivity index (χ1n) is 3.85. The molecular formula is C8H10INO3. The number of hydrogen-bond donors (Lipinski definition) is 2. The highest BCUT2D eigenvalue weighted by Gasteiger charge is 1.99. The van der Waals surface area contributed by atoms with Crippen LogP contribution in [0.15, 0.2) is 16.5 Å². The maximum Gasteiger partial charge on any atom is 0.304 e. The third-order valence-electron chi connectivity index (χ3n) is 1.44. The zero-order valence-corrected chi connectivity index (χ0v) is 9.08. The maximum absolute atomic E-state index is 10.2. The maximum atomic E-state index is 10.2. The van der Waals surface area contributed by atoms with Gasteiger partial charge in [-0.2, -0.15) is 0 Å². The van der Waals surface area contributed by atoms with Crippen LogP contribution >= 0.6 is 22.6 Å². The molecule has 0 amide bonds. The van der Waals surface area contributed by atoms with Crippen molar-refractivity contribution in [3.05, 3.63) is 21.7 Å². The van der Waals surface area contributed by atoms with Crippen LogP contribution in [0.3, 0.4) is 0 Å². The molecule has 0 saturated heterocycles. The van der Waals surface area contributed by atoms with Gasteiger partial charge in [-0.3, -0.25) is 4.79 Å². The van der Waals surface area contributed by atoms with Crippen LogP contribution in [0.4, 0.5) is 0 Å². The summed E-state index contributed by atoms with van der Waals surface area (Å²) in [5, 5.41) is 11.3. The highest BCUT2D eigenvalue weighted by atomic mass is 127. The van der Waals surface area contributed by atoms with Gasteiger partial charge in [0.25, 0.3) is 0 Å². The molecule has 0 aliphatic carbocycles. The van der Waals surface area contributed by atoms with Crippen LogP contribution in [-0.4, -0.2) is 17.6 Å². The van der Waals surface area contributed by atoms with Crippen LogP contribution in [-0.2, 0) is 11.3 Å². The van der Waals surface area contributed by atoms with E-state index in [0.717, 1.165) is 9.53 Å². The van der Waals surface area contributed by atoms with Crippen molar-refractivity contribution < 1.29 is 14.3 Å². The van der Waals surface area contributed by atoms with Crippen molar-refractivity contribution in [2.45, 2.75) is 13.0 Å². The summed E-state index contributed by atoms with van der Waals surface area (Å²) < 4.78 is 6.11. The summed E-state index contributed by atoms with van der Waals surface area (Å²) in [7, 11) is 0. The van der Waals surface area contributed by atoms with Gasteiger partial charge in [-0.25, -0.2) is 0 Å². The predicted molar refractivity (Wildman–Crippen MR) is 55.4 cm³/mol. The molecule has 4 nitrogen and oxygen atoms in total. The highest BCUT2D eigenvalue weighted by molar-refractivity contribution is 14.1. The fraction of sp³-hybridized carbons (Fsp3) is 0.375. The molecule has 0 unspecified atom stereocenters. The van der Waals surface area contributed by atoms with Gasteiger partial charge < -0.3 is 14.8 Å². The van der Waals surface area contributed by atoms with Gasteiger partial charge in [0.15, 0.2) is 3.77 Å². The summed E-state index contributed by atoms with van der Waals surface area (Å²) >= 11 is 2.08. The summed E-state index contributed by atoms with van der Waals surface area (Å²) in [5.41, 5.74) is 0. The minimum absolute atomic E-state index is 0.137. The highest BCUT2D eigenvalue weighted by Crippen LogP contribution is 2.09. The Morgan fingerprint density at radius 2 is 2.38 bits per heavy atom. The Bertz CT molecular complexity index is 285. The normalized spacial score (nSPS) is 10.2. The number of carboxylic acids is 1. The summed E-state index contributed by atoms with van der Waals surface area (Å²) in [6, 6.07) is 3.74. The lowest BCUT2D eigenvalue weighted by Gasteiger charge is -1.98. The number of carboxylic acid groups (broad SMARTS) is 1. The quantitative estimate of drug-likeness (QED) is 0.637. The molecule has 0 aliphatic heterocycles. The minimum atomic E-state index is -0.790. The summed E-state index contributed by atoms with van der Waals surface area (Å²) in [5.74, 6) is 0.0383. The summed E-state index contributed by atoms with van der Waals surface area (Å²) in [6.45, 7) is 1.04. The van der Waals surface area contributed by atoms with E-state index in [1.54, 1.807) is 0 Å².